The van der Waals surface area contributed by atoms with Crippen molar-refractivity contribution in [3.63, 3.8) is 0 Å². The second kappa shape index (κ2) is 6.43. The van der Waals surface area contributed by atoms with Crippen molar-refractivity contribution in [2.45, 2.75) is 13.0 Å². The third-order valence-corrected chi connectivity index (χ3v) is 3.35. The molecule has 1 heterocycles. The number of anilines is 1. The average molecular weight is 323 g/mol. The van der Waals surface area contributed by atoms with Crippen LogP contribution in [-0.2, 0) is 4.79 Å². The lowest BCUT2D eigenvalue weighted by atomic mass is 10.2. The maximum atomic E-state index is 11.8. The number of amides is 1. The predicted molar refractivity (Wildman–Crippen MR) is 77.9 cm³/mol. The molecule has 5 heteroatoms. The fourth-order valence-corrected chi connectivity index (χ4v) is 2.11. The Morgan fingerprint density at radius 2 is 2.11 bits per heavy atom. The van der Waals surface area contributed by atoms with Crippen LogP contribution in [0.4, 0.5) is 5.69 Å². The number of halogens is 1. The van der Waals surface area contributed by atoms with Gasteiger partial charge in [0, 0.05) is 10.2 Å². The van der Waals surface area contributed by atoms with Gasteiger partial charge in [0.05, 0.1) is 18.8 Å². The zero-order valence-electron chi connectivity index (χ0n) is 10.5. The van der Waals surface area contributed by atoms with Crippen LogP contribution in [0.1, 0.15) is 18.7 Å². The summed E-state index contributed by atoms with van der Waals surface area (Å²) in [6.07, 6.45) is 1.59. The van der Waals surface area contributed by atoms with Crippen LogP contribution < -0.4 is 10.6 Å². The Bertz CT molecular complexity index is 540. The van der Waals surface area contributed by atoms with Gasteiger partial charge in [-0.2, -0.15) is 0 Å². The predicted octanol–water partition coefficient (Wildman–Crippen LogP) is 3.33. The van der Waals surface area contributed by atoms with Crippen molar-refractivity contribution in [3.8, 4) is 0 Å². The first kappa shape index (κ1) is 13.7. The smallest absolute Gasteiger partial charge is 0.239 e. The van der Waals surface area contributed by atoms with Gasteiger partial charge in [-0.15, -0.1) is 0 Å². The highest BCUT2D eigenvalue weighted by atomic mass is 79.9. The summed E-state index contributed by atoms with van der Waals surface area (Å²) in [6.45, 7) is 2.10. The van der Waals surface area contributed by atoms with Crippen molar-refractivity contribution in [1.82, 2.24) is 5.32 Å². The number of nitrogens with one attached hydrogen (secondary N) is 2. The highest BCUT2D eigenvalue weighted by molar-refractivity contribution is 9.10. The molecule has 1 unspecified atom stereocenters. The number of benzene rings is 1. The van der Waals surface area contributed by atoms with Crippen LogP contribution in [0.5, 0.6) is 0 Å². The molecule has 2 rings (SSSR count). The SMILES string of the molecule is CC(NC(=O)CNc1ccccc1Br)c1ccco1. The Balaban J connectivity index is 1.84. The molecule has 1 atom stereocenters. The second-order valence-electron chi connectivity index (χ2n) is 4.14. The summed E-state index contributed by atoms with van der Waals surface area (Å²) in [6, 6.07) is 11.2. The van der Waals surface area contributed by atoms with Crippen molar-refractivity contribution in [1.29, 1.82) is 0 Å². The molecular formula is C14H15BrN2O2. The van der Waals surface area contributed by atoms with E-state index in [1.54, 1.807) is 12.3 Å². The van der Waals surface area contributed by atoms with Gasteiger partial charge in [0.25, 0.3) is 0 Å². The van der Waals surface area contributed by atoms with Gasteiger partial charge in [-0.3, -0.25) is 4.79 Å². The van der Waals surface area contributed by atoms with Crippen molar-refractivity contribution in [2.24, 2.45) is 0 Å². The van der Waals surface area contributed by atoms with Crippen LogP contribution >= 0.6 is 15.9 Å². The van der Waals surface area contributed by atoms with Gasteiger partial charge in [-0.25, -0.2) is 0 Å². The number of carbonyl (C=O) groups excluding carboxylic acids is 1. The van der Waals surface area contributed by atoms with E-state index in [1.807, 2.05) is 37.3 Å². The molecule has 1 aromatic heterocycles. The molecule has 0 bridgehead atoms. The summed E-state index contributed by atoms with van der Waals surface area (Å²) in [5.41, 5.74) is 0.892. The topological polar surface area (TPSA) is 54.3 Å². The normalized spacial score (nSPS) is 11.9. The van der Waals surface area contributed by atoms with E-state index >= 15 is 0 Å². The van der Waals surface area contributed by atoms with Gasteiger partial charge >= 0.3 is 0 Å². The number of furan rings is 1. The lowest BCUT2D eigenvalue weighted by Gasteiger charge is -2.13. The number of carbonyl (C=O) groups is 1. The summed E-state index contributed by atoms with van der Waals surface area (Å²) in [5.74, 6) is 0.661. The number of para-hydroxylation sites is 1. The van der Waals surface area contributed by atoms with Crippen molar-refractivity contribution >= 4 is 27.5 Å². The Morgan fingerprint density at radius 3 is 2.79 bits per heavy atom. The first-order valence-electron chi connectivity index (χ1n) is 5.98. The van der Waals surface area contributed by atoms with Crippen LogP contribution in [0.3, 0.4) is 0 Å². The summed E-state index contributed by atoms with van der Waals surface area (Å²) in [5, 5.41) is 5.94. The van der Waals surface area contributed by atoms with E-state index in [4.69, 9.17) is 4.42 Å². The molecule has 1 amide bonds. The molecule has 0 aliphatic carbocycles. The van der Waals surface area contributed by atoms with E-state index in [9.17, 15) is 4.79 Å². The summed E-state index contributed by atoms with van der Waals surface area (Å²) in [4.78, 5) is 11.8. The Hall–Kier alpha value is -1.75. The fourth-order valence-electron chi connectivity index (χ4n) is 1.68. The van der Waals surface area contributed by atoms with E-state index in [2.05, 4.69) is 26.6 Å². The maximum Gasteiger partial charge on any atom is 0.239 e. The third kappa shape index (κ3) is 3.86. The number of hydrogen-bond donors (Lipinski definition) is 2. The quantitative estimate of drug-likeness (QED) is 0.887. The maximum absolute atomic E-state index is 11.8. The summed E-state index contributed by atoms with van der Waals surface area (Å²) in [7, 11) is 0. The summed E-state index contributed by atoms with van der Waals surface area (Å²) >= 11 is 3.42. The summed E-state index contributed by atoms with van der Waals surface area (Å²) < 4.78 is 6.17. The molecule has 0 radical (unpaired) electrons. The lowest BCUT2D eigenvalue weighted by Crippen LogP contribution is -2.31. The number of hydrogen-bond acceptors (Lipinski definition) is 3. The highest BCUT2D eigenvalue weighted by Crippen LogP contribution is 2.20. The molecule has 4 nitrogen and oxygen atoms in total. The standard InChI is InChI=1S/C14H15BrN2O2/c1-10(13-7-4-8-19-13)17-14(18)9-16-12-6-3-2-5-11(12)15/h2-8,10,16H,9H2,1H3,(H,17,18). The Kier molecular flexibility index (Phi) is 4.63. The van der Waals surface area contributed by atoms with Gasteiger partial charge in [-0.05, 0) is 47.1 Å². The van der Waals surface area contributed by atoms with Crippen LogP contribution in [0.2, 0.25) is 0 Å². The zero-order chi connectivity index (χ0) is 13.7. The van der Waals surface area contributed by atoms with Crippen LogP contribution in [0.25, 0.3) is 0 Å². The Labute approximate surface area is 120 Å². The molecule has 0 aliphatic rings. The second-order valence-corrected chi connectivity index (χ2v) is 4.99. The van der Waals surface area contributed by atoms with E-state index in [1.165, 1.54) is 0 Å². The minimum absolute atomic E-state index is 0.0837. The van der Waals surface area contributed by atoms with Crippen molar-refractivity contribution < 1.29 is 9.21 Å². The molecule has 0 fully saturated rings. The van der Waals surface area contributed by atoms with Gasteiger partial charge < -0.3 is 15.1 Å². The minimum Gasteiger partial charge on any atom is -0.467 e. The van der Waals surface area contributed by atoms with Crippen LogP contribution in [0, 0.1) is 0 Å². The molecule has 0 saturated heterocycles. The van der Waals surface area contributed by atoms with Crippen molar-refractivity contribution in [2.75, 3.05) is 11.9 Å². The van der Waals surface area contributed by atoms with E-state index in [-0.39, 0.29) is 18.5 Å². The molecule has 0 aliphatic heterocycles. The first-order valence-corrected chi connectivity index (χ1v) is 6.77. The fraction of sp³-hybridized carbons (Fsp3) is 0.214. The molecule has 2 aromatic rings. The molecule has 19 heavy (non-hydrogen) atoms. The molecule has 0 spiro atoms. The van der Waals surface area contributed by atoms with Gasteiger partial charge in [0.1, 0.15) is 5.76 Å². The van der Waals surface area contributed by atoms with Gasteiger partial charge in [0.2, 0.25) is 5.91 Å². The molecular weight excluding hydrogens is 308 g/mol. The van der Waals surface area contributed by atoms with Crippen LogP contribution in [-0.4, -0.2) is 12.5 Å². The van der Waals surface area contributed by atoms with Crippen molar-refractivity contribution in [3.05, 3.63) is 52.9 Å². The molecule has 2 N–H and O–H groups in total. The molecule has 0 saturated carbocycles. The monoisotopic (exact) mass is 322 g/mol. The minimum atomic E-state index is -0.136. The Morgan fingerprint density at radius 1 is 1.32 bits per heavy atom. The zero-order valence-corrected chi connectivity index (χ0v) is 12.1. The lowest BCUT2D eigenvalue weighted by molar-refractivity contribution is -0.120. The van der Waals surface area contributed by atoms with Crippen LogP contribution in [0.15, 0.2) is 51.6 Å². The van der Waals surface area contributed by atoms with Gasteiger partial charge in [-0.1, -0.05) is 12.1 Å². The average Bonchev–Trinajstić information content (AvgIpc) is 2.91. The van der Waals surface area contributed by atoms with E-state index in [0.29, 0.717) is 0 Å². The molecule has 100 valence electrons. The van der Waals surface area contributed by atoms with Gasteiger partial charge in [0.15, 0.2) is 0 Å². The largest absolute Gasteiger partial charge is 0.467 e. The van der Waals surface area contributed by atoms with E-state index < -0.39 is 0 Å². The molecule has 1 aromatic carbocycles. The van der Waals surface area contributed by atoms with E-state index in [0.717, 1.165) is 15.9 Å². The number of rotatable bonds is 5. The third-order valence-electron chi connectivity index (χ3n) is 2.66. The highest BCUT2D eigenvalue weighted by Gasteiger charge is 2.11. The first-order chi connectivity index (χ1) is 9.16.